The minimum atomic E-state index is 1.20. The molecule has 0 unspecified atom stereocenters. The Balaban J connectivity index is 0.000000396. The van der Waals surface area contributed by atoms with Crippen molar-refractivity contribution in [3.63, 3.8) is 0 Å². The molecule has 0 nitrogen and oxygen atoms in total. The van der Waals surface area contributed by atoms with E-state index in [1.807, 2.05) is 37.4 Å². The third kappa shape index (κ3) is 2.23. The number of rotatable bonds is 0. The summed E-state index contributed by atoms with van der Waals surface area (Å²) < 4.78 is 0. The van der Waals surface area contributed by atoms with Gasteiger partial charge in [-0.2, -0.15) is 0 Å². The Labute approximate surface area is 89.5 Å². The molecule has 72 valence electrons. The van der Waals surface area contributed by atoms with Gasteiger partial charge in [0, 0.05) is 14.9 Å². The predicted octanol–water partition coefficient (Wildman–Crippen LogP) is 4.48. The summed E-state index contributed by atoms with van der Waals surface area (Å²) in [6.07, 6.45) is 0. The van der Waals surface area contributed by atoms with Crippen LogP contribution in [0, 0.1) is 13.8 Å². The molecule has 0 N–H and O–H groups in total. The third-order valence-electron chi connectivity index (χ3n) is 1.91. The maximum Gasteiger partial charge on any atom is 0.0487 e. The zero-order valence-electron chi connectivity index (χ0n) is 8.68. The van der Waals surface area contributed by atoms with E-state index in [0.29, 0.717) is 0 Å². The van der Waals surface area contributed by atoms with E-state index in [9.17, 15) is 0 Å². The van der Waals surface area contributed by atoms with Crippen molar-refractivity contribution < 1.29 is 0 Å². The Hall–Kier alpha value is -0.0800. The first kappa shape index (κ1) is 11.0. The number of hydrogen-bond donors (Lipinski definition) is 0. The zero-order chi connectivity index (χ0) is 9.84. The van der Waals surface area contributed by atoms with E-state index in [-0.39, 0.29) is 0 Å². The maximum atomic E-state index is 2.22. The van der Waals surface area contributed by atoms with E-state index < -0.39 is 0 Å². The highest BCUT2D eigenvalue weighted by Crippen LogP contribution is 2.45. The molecular formula is C11H16S2. The summed E-state index contributed by atoms with van der Waals surface area (Å²) in [4.78, 5) is 3.02. The Bertz CT molecular complexity index is 263. The normalized spacial score (nSPS) is 13.2. The van der Waals surface area contributed by atoms with Gasteiger partial charge in [0.05, 0.1) is 0 Å². The molecule has 0 radical (unpaired) electrons. The lowest BCUT2D eigenvalue weighted by Gasteiger charge is -2.03. The van der Waals surface area contributed by atoms with Crippen molar-refractivity contribution in [1.82, 2.24) is 0 Å². The van der Waals surface area contributed by atoms with Crippen LogP contribution in [0.3, 0.4) is 0 Å². The van der Waals surface area contributed by atoms with Crippen molar-refractivity contribution in [2.45, 2.75) is 37.5 Å². The van der Waals surface area contributed by atoms with Crippen LogP contribution in [0.25, 0.3) is 0 Å². The van der Waals surface area contributed by atoms with Crippen LogP contribution in [0.5, 0.6) is 0 Å². The van der Waals surface area contributed by atoms with Gasteiger partial charge >= 0.3 is 0 Å². The molecule has 0 spiro atoms. The van der Waals surface area contributed by atoms with Crippen LogP contribution in [0.15, 0.2) is 21.9 Å². The molecule has 1 aromatic carbocycles. The molecule has 1 aromatic rings. The molecule has 0 atom stereocenters. The van der Waals surface area contributed by atoms with Crippen LogP contribution in [0.1, 0.15) is 25.0 Å². The average Bonchev–Trinajstić information content (AvgIpc) is 2.64. The van der Waals surface area contributed by atoms with E-state index in [0.717, 1.165) is 0 Å². The first-order valence-electron chi connectivity index (χ1n) is 4.65. The zero-order valence-corrected chi connectivity index (χ0v) is 10.3. The Morgan fingerprint density at radius 1 is 0.923 bits per heavy atom. The van der Waals surface area contributed by atoms with Crippen molar-refractivity contribution in [3.8, 4) is 0 Å². The second kappa shape index (κ2) is 4.97. The van der Waals surface area contributed by atoms with Gasteiger partial charge in [0.1, 0.15) is 0 Å². The third-order valence-corrected chi connectivity index (χ3v) is 4.61. The van der Waals surface area contributed by atoms with Gasteiger partial charge in [0.2, 0.25) is 0 Å². The molecule has 2 heteroatoms. The van der Waals surface area contributed by atoms with E-state index in [1.165, 1.54) is 26.0 Å². The molecule has 13 heavy (non-hydrogen) atoms. The molecule has 0 saturated heterocycles. The van der Waals surface area contributed by atoms with Crippen LogP contribution in [-0.4, -0.2) is 5.08 Å². The summed E-state index contributed by atoms with van der Waals surface area (Å²) in [5.74, 6) is 0. The number of aryl methyl sites for hydroxylation is 2. The standard InChI is InChI=1S/C9H10S2.C2H6/c1-6-3-4-7(2)9-8(6)10-5-11-9;1-2/h3-4H,5H2,1-2H3;1-2H3. The monoisotopic (exact) mass is 212 g/mol. The van der Waals surface area contributed by atoms with Crippen molar-refractivity contribution in [2.24, 2.45) is 0 Å². The Kier molecular flexibility index (Phi) is 4.20. The van der Waals surface area contributed by atoms with Crippen molar-refractivity contribution in [3.05, 3.63) is 23.3 Å². The van der Waals surface area contributed by atoms with Gasteiger partial charge in [0.25, 0.3) is 0 Å². The van der Waals surface area contributed by atoms with Gasteiger partial charge in [-0.25, -0.2) is 0 Å². The van der Waals surface area contributed by atoms with Gasteiger partial charge in [-0.1, -0.05) is 26.0 Å². The van der Waals surface area contributed by atoms with Gasteiger partial charge in [-0.05, 0) is 25.0 Å². The summed E-state index contributed by atoms with van der Waals surface area (Å²) in [6.45, 7) is 8.38. The average molecular weight is 212 g/mol. The summed E-state index contributed by atoms with van der Waals surface area (Å²) in [5, 5.41) is 1.20. The minimum absolute atomic E-state index is 1.20. The Morgan fingerprint density at radius 2 is 1.31 bits per heavy atom. The van der Waals surface area contributed by atoms with Crippen LogP contribution in [-0.2, 0) is 0 Å². The smallest absolute Gasteiger partial charge is 0.0487 e. The maximum absolute atomic E-state index is 2.22. The molecule has 1 aliphatic rings. The summed E-state index contributed by atoms with van der Waals surface area (Å²) in [6, 6.07) is 4.43. The second-order valence-electron chi connectivity index (χ2n) is 2.76. The van der Waals surface area contributed by atoms with Crippen molar-refractivity contribution in [1.29, 1.82) is 0 Å². The largest absolute Gasteiger partial charge is 0.113 e. The molecule has 0 saturated carbocycles. The molecule has 0 fully saturated rings. The van der Waals surface area contributed by atoms with Gasteiger partial charge in [0.15, 0.2) is 0 Å². The summed E-state index contributed by atoms with van der Waals surface area (Å²) >= 11 is 3.94. The van der Waals surface area contributed by atoms with Crippen LogP contribution < -0.4 is 0 Å². The fraction of sp³-hybridized carbons (Fsp3) is 0.455. The summed E-state index contributed by atoms with van der Waals surface area (Å²) in [5.41, 5.74) is 2.86. The molecule has 0 bridgehead atoms. The van der Waals surface area contributed by atoms with Gasteiger partial charge in [-0.3, -0.25) is 0 Å². The predicted molar refractivity (Wildman–Crippen MR) is 63.8 cm³/mol. The minimum Gasteiger partial charge on any atom is -0.113 e. The first-order chi connectivity index (χ1) is 6.29. The Morgan fingerprint density at radius 3 is 1.69 bits per heavy atom. The number of fused-ring (bicyclic) bond motifs is 1. The van der Waals surface area contributed by atoms with E-state index in [4.69, 9.17) is 0 Å². The van der Waals surface area contributed by atoms with E-state index in [2.05, 4.69) is 26.0 Å². The highest BCUT2D eigenvalue weighted by atomic mass is 32.2. The fourth-order valence-electron chi connectivity index (χ4n) is 1.27. The lowest BCUT2D eigenvalue weighted by molar-refractivity contribution is 1.13. The highest BCUT2D eigenvalue weighted by molar-refractivity contribution is 8.18. The van der Waals surface area contributed by atoms with E-state index >= 15 is 0 Å². The fourth-order valence-corrected chi connectivity index (χ4v) is 3.97. The SMILES string of the molecule is CC.Cc1ccc(C)c2c1SCS2. The van der Waals surface area contributed by atoms with Crippen LogP contribution in [0.2, 0.25) is 0 Å². The van der Waals surface area contributed by atoms with Gasteiger partial charge < -0.3 is 0 Å². The lowest BCUT2D eigenvalue weighted by atomic mass is 10.2. The molecule has 0 amide bonds. The molecule has 2 rings (SSSR count). The number of benzene rings is 1. The highest BCUT2D eigenvalue weighted by Gasteiger charge is 2.15. The second-order valence-corrected chi connectivity index (χ2v) is 5.10. The topological polar surface area (TPSA) is 0 Å². The number of thioether (sulfide) groups is 2. The van der Waals surface area contributed by atoms with Crippen molar-refractivity contribution >= 4 is 23.5 Å². The quantitative estimate of drug-likeness (QED) is 0.621. The molecule has 0 aliphatic carbocycles. The molecule has 0 aromatic heterocycles. The molecule has 1 heterocycles. The number of hydrogen-bond acceptors (Lipinski definition) is 2. The van der Waals surface area contributed by atoms with E-state index in [1.54, 1.807) is 0 Å². The van der Waals surface area contributed by atoms with Gasteiger partial charge in [-0.15, -0.1) is 23.5 Å². The first-order valence-corrected chi connectivity index (χ1v) is 6.62. The molecular weight excluding hydrogens is 196 g/mol. The van der Waals surface area contributed by atoms with Crippen LogP contribution in [0.4, 0.5) is 0 Å². The lowest BCUT2D eigenvalue weighted by Crippen LogP contribution is -1.82. The van der Waals surface area contributed by atoms with Crippen molar-refractivity contribution in [2.75, 3.05) is 5.08 Å². The van der Waals surface area contributed by atoms with Crippen LogP contribution >= 0.6 is 23.5 Å². The molecule has 1 aliphatic heterocycles. The summed E-state index contributed by atoms with van der Waals surface area (Å²) in [7, 11) is 0.